The Morgan fingerprint density at radius 1 is 1.24 bits per heavy atom. The molecule has 1 fully saturated rings. The van der Waals surface area contributed by atoms with Crippen LogP contribution in [0.3, 0.4) is 0 Å². The minimum atomic E-state index is -0.848. The molecular weight excluding hydrogens is 392 g/mol. The molecule has 1 aromatic carbocycles. The first-order valence-corrected chi connectivity index (χ1v) is 10.3. The number of aliphatic hydroxyl groups is 1. The van der Waals surface area contributed by atoms with Gasteiger partial charge in [0.1, 0.15) is 12.8 Å². The number of hydrogen-bond acceptors (Lipinski definition) is 5. The molecule has 1 unspecified atom stereocenters. The number of nitrogens with one attached hydrogen (secondary N) is 1. The van der Waals surface area contributed by atoms with Crippen molar-refractivity contribution in [3.05, 3.63) is 47.1 Å². The third-order valence-corrected chi connectivity index (χ3v) is 5.42. The van der Waals surface area contributed by atoms with Gasteiger partial charge >= 0.3 is 0 Å². The lowest BCUT2D eigenvalue weighted by molar-refractivity contribution is 0.0463. The van der Waals surface area contributed by atoms with Gasteiger partial charge in [0, 0.05) is 29.8 Å². The predicted molar refractivity (Wildman–Crippen MR) is 112 cm³/mol. The summed E-state index contributed by atoms with van der Waals surface area (Å²) in [7, 11) is 1.60. The third kappa shape index (κ3) is 5.92. The summed E-state index contributed by atoms with van der Waals surface area (Å²) in [6.45, 7) is 0.771. The van der Waals surface area contributed by atoms with Crippen LogP contribution < -0.4 is 10.1 Å². The first-order chi connectivity index (χ1) is 14.1. The molecule has 29 heavy (non-hydrogen) atoms. The van der Waals surface area contributed by atoms with Gasteiger partial charge in [-0.25, -0.2) is 4.98 Å². The molecule has 3 rings (SSSR count). The zero-order chi connectivity index (χ0) is 20.6. The minimum Gasteiger partial charge on any atom is -0.475 e. The van der Waals surface area contributed by atoms with E-state index in [0.29, 0.717) is 35.2 Å². The van der Waals surface area contributed by atoms with Crippen LogP contribution in [0.1, 0.15) is 42.5 Å². The van der Waals surface area contributed by atoms with Gasteiger partial charge in [0.15, 0.2) is 0 Å². The van der Waals surface area contributed by atoms with Crippen molar-refractivity contribution in [1.29, 1.82) is 0 Å². The fourth-order valence-electron chi connectivity index (χ4n) is 3.53. The van der Waals surface area contributed by atoms with Crippen LogP contribution in [-0.2, 0) is 4.74 Å². The number of aliphatic hydroxyl groups excluding tert-OH is 1. The van der Waals surface area contributed by atoms with Crippen LogP contribution in [0.25, 0.3) is 11.1 Å². The second kappa shape index (κ2) is 10.6. The van der Waals surface area contributed by atoms with Crippen LogP contribution in [0.2, 0.25) is 5.02 Å². The number of halogens is 1. The summed E-state index contributed by atoms with van der Waals surface area (Å²) in [4.78, 5) is 17.1. The van der Waals surface area contributed by atoms with Gasteiger partial charge in [-0.3, -0.25) is 4.79 Å². The topological polar surface area (TPSA) is 80.7 Å². The lowest BCUT2D eigenvalue weighted by atomic mass is 9.88. The number of carbonyl (C=O) groups excluding carboxylic acids is 1. The molecular formula is C22H27ClN2O4. The molecule has 1 aliphatic carbocycles. The van der Waals surface area contributed by atoms with Gasteiger partial charge in [0.25, 0.3) is 5.91 Å². The van der Waals surface area contributed by atoms with E-state index in [1.165, 1.54) is 12.6 Å². The molecule has 1 aliphatic rings. The fraction of sp³-hybridized carbons (Fsp3) is 0.455. The summed E-state index contributed by atoms with van der Waals surface area (Å²) >= 11 is 6.00. The van der Waals surface area contributed by atoms with Crippen LogP contribution in [-0.4, -0.2) is 42.5 Å². The average Bonchev–Trinajstić information content (AvgIpc) is 2.75. The smallest absolute Gasteiger partial charge is 0.254 e. The van der Waals surface area contributed by atoms with E-state index in [1.54, 1.807) is 25.3 Å². The molecule has 0 bridgehead atoms. The van der Waals surface area contributed by atoms with Crippen LogP contribution in [0.15, 0.2) is 36.5 Å². The lowest BCUT2D eigenvalue weighted by Gasteiger charge is -2.27. The number of benzene rings is 1. The summed E-state index contributed by atoms with van der Waals surface area (Å²) < 4.78 is 10.7. The number of ether oxygens (including phenoxy) is 2. The Hall–Kier alpha value is -2.15. The summed E-state index contributed by atoms with van der Waals surface area (Å²) in [6, 6.07) is 8.97. The summed E-state index contributed by atoms with van der Waals surface area (Å²) in [6.07, 6.45) is 5.85. The molecule has 6 nitrogen and oxygen atoms in total. The number of methoxy groups -OCH3 is 1. The van der Waals surface area contributed by atoms with Crippen molar-refractivity contribution >= 4 is 17.5 Å². The number of pyridine rings is 1. The fourth-order valence-corrected chi connectivity index (χ4v) is 3.66. The molecule has 156 valence electrons. The van der Waals surface area contributed by atoms with Crippen LogP contribution in [0.5, 0.6) is 5.88 Å². The Kier molecular flexibility index (Phi) is 7.86. The number of rotatable bonds is 8. The maximum Gasteiger partial charge on any atom is 0.254 e. The highest BCUT2D eigenvalue weighted by atomic mass is 35.5. The Bertz CT molecular complexity index is 807. The third-order valence-electron chi connectivity index (χ3n) is 5.17. The molecule has 7 heteroatoms. The van der Waals surface area contributed by atoms with Gasteiger partial charge in [-0.15, -0.1) is 0 Å². The Morgan fingerprint density at radius 3 is 2.66 bits per heavy atom. The van der Waals surface area contributed by atoms with Crippen LogP contribution in [0, 0.1) is 5.92 Å². The normalized spacial score (nSPS) is 15.7. The maximum atomic E-state index is 12.7. The largest absolute Gasteiger partial charge is 0.475 e. The van der Waals surface area contributed by atoms with Gasteiger partial charge in [-0.2, -0.15) is 0 Å². The average molecular weight is 419 g/mol. The van der Waals surface area contributed by atoms with Crippen LogP contribution >= 0.6 is 11.6 Å². The number of carbonyl (C=O) groups is 1. The molecule has 1 saturated carbocycles. The minimum absolute atomic E-state index is 0.105. The Morgan fingerprint density at radius 2 is 1.97 bits per heavy atom. The van der Waals surface area contributed by atoms with E-state index in [4.69, 9.17) is 21.1 Å². The molecule has 0 spiro atoms. The zero-order valence-corrected chi connectivity index (χ0v) is 17.3. The van der Waals surface area contributed by atoms with Crippen molar-refractivity contribution in [1.82, 2.24) is 10.3 Å². The molecule has 0 radical (unpaired) electrons. The summed E-state index contributed by atoms with van der Waals surface area (Å²) in [5.41, 5.74) is 1.87. The van der Waals surface area contributed by atoms with E-state index in [9.17, 15) is 9.90 Å². The SMILES string of the molecule is COCCOc1ncc(C(=O)NC(O)C2CCCCC2)cc1-c1ccc(Cl)cc1. The summed E-state index contributed by atoms with van der Waals surface area (Å²) in [5.74, 6) is 0.163. The van der Waals surface area contributed by atoms with Crippen molar-refractivity contribution in [3.63, 3.8) is 0 Å². The first kappa shape index (κ1) is 21.6. The number of amides is 1. The molecule has 0 aliphatic heterocycles. The Labute approximate surface area is 176 Å². The van der Waals surface area contributed by atoms with Crippen molar-refractivity contribution in [2.75, 3.05) is 20.3 Å². The zero-order valence-electron chi connectivity index (χ0n) is 16.6. The summed E-state index contributed by atoms with van der Waals surface area (Å²) in [5, 5.41) is 13.8. The first-order valence-electron chi connectivity index (χ1n) is 9.95. The molecule has 1 aromatic heterocycles. The van der Waals surface area contributed by atoms with Gasteiger partial charge < -0.3 is 19.9 Å². The van der Waals surface area contributed by atoms with Crippen LogP contribution in [0.4, 0.5) is 0 Å². The second-order valence-electron chi connectivity index (χ2n) is 7.24. The molecule has 1 heterocycles. The number of hydrogen-bond donors (Lipinski definition) is 2. The predicted octanol–water partition coefficient (Wildman–Crippen LogP) is 4.06. The number of nitrogens with zero attached hydrogens (tertiary/aromatic N) is 1. The standard InChI is InChI=1S/C22H27ClN2O4/c1-28-11-12-29-22-19(15-7-9-18(23)10-8-15)13-17(14-24-22)21(27)25-20(26)16-5-3-2-4-6-16/h7-10,13-14,16,20,26H,2-6,11-12H2,1H3,(H,25,27). The molecule has 2 aromatic rings. The highest BCUT2D eigenvalue weighted by Gasteiger charge is 2.24. The van der Waals surface area contributed by atoms with E-state index in [1.807, 2.05) is 12.1 Å². The van der Waals surface area contributed by atoms with Gasteiger partial charge in [0.05, 0.1) is 12.2 Å². The monoisotopic (exact) mass is 418 g/mol. The van der Waals surface area contributed by atoms with Crippen molar-refractivity contribution in [2.45, 2.75) is 38.3 Å². The van der Waals surface area contributed by atoms with Gasteiger partial charge in [0.2, 0.25) is 5.88 Å². The van der Waals surface area contributed by atoms with Gasteiger partial charge in [-0.1, -0.05) is 43.0 Å². The van der Waals surface area contributed by atoms with Crippen molar-refractivity contribution < 1.29 is 19.4 Å². The molecule has 0 saturated heterocycles. The Balaban J connectivity index is 1.80. The van der Waals surface area contributed by atoms with E-state index >= 15 is 0 Å². The van der Waals surface area contributed by atoms with E-state index in [0.717, 1.165) is 31.2 Å². The molecule has 1 amide bonds. The maximum absolute atomic E-state index is 12.7. The highest BCUT2D eigenvalue weighted by Crippen LogP contribution is 2.30. The van der Waals surface area contributed by atoms with Crippen molar-refractivity contribution in [3.8, 4) is 17.0 Å². The second-order valence-corrected chi connectivity index (χ2v) is 7.68. The molecule has 2 N–H and O–H groups in total. The van der Waals surface area contributed by atoms with Gasteiger partial charge in [-0.05, 0) is 36.6 Å². The number of aromatic nitrogens is 1. The molecule has 1 atom stereocenters. The lowest BCUT2D eigenvalue weighted by Crippen LogP contribution is -2.41. The quantitative estimate of drug-likeness (QED) is 0.499. The van der Waals surface area contributed by atoms with E-state index in [2.05, 4.69) is 10.3 Å². The highest BCUT2D eigenvalue weighted by molar-refractivity contribution is 6.30. The van der Waals surface area contributed by atoms with E-state index in [-0.39, 0.29) is 11.8 Å². The van der Waals surface area contributed by atoms with Crippen molar-refractivity contribution in [2.24, 2.45) is 5.92 Å². The van der Waals surface area contributed by atoms with E-state index < -0.39 is 6.23 Å².